The van der Waals surface area contributed by atoms with E-state index in [9.17, 15) is 9.59 Å². The van der Waals surface area contributed by atoms with E-state index < -0.39 is 5.97 Å². The first-order valence-electron chi connectivity index (χ1n) is 6.04. The number of carboxylic acids is 1. The van der Waals surface area contributed by atoms with Crippen molar-refractivity contribution in [2.75, 3.05) is 13.2 Å². The number of carbonyl (C=O) groups is 2. The van der Waals surface area contributed by atoms with Gasteiger partial charge >= 0.3 is 12.0 Å². The molecule has 2 rings (SSSR count). The molecule has 0 bridgehead atoms. The largest absolute Gasteiger partial charge is 0.481 e. The van der Waals surface area contributed by atoms with Gasteiger partial charge in [0.25, 0.3) is 0 Å². The van der Waals surface area contributed by atoms with Crippen molar-refractivity contribution in [3.05, 3.63) is 0 Å². The number of amides is 2. The van der Waals surface area contributed by atoms with Crippen LogP contribution in [0.25, 0.3) is 0 Å². The predicted molar refractivity (Wildman–Crippen MR) is 59.7 cm³/mol. The van der Waals surface area contributed by atoms with Gasteiger partial charge in [-0.3, -0.25) is 4.79 Å². The lowest BCUT2D eigenvalue weighted by molar-refractivity contribution is -0.136. The summed E-state index contributed by atoms with van der Waals surface area (Å²) in [6, 6.07) is -0.222. The van der Waals surface area contributed by atoms with Gasteiger partial charge in [-0.15, -0.1) is 0 Å². The van der Waals surface area contributed by atoms with E-state index in [0.29, 0.717) is 12.5 Å². The van der Waals surface area contributed by atoms with Crippen molar-refractivity contribution in [2.45, 2.75) is 37.8 Å². The number of aliphatic carboxylic acids is 1. The van der Waals surface area contributed by atoms with Crippen molar-refractivity contribution >= 4 is 12.0 Å². The Balaban J connectivity index is 1.68. The summed E-state index contributed by atoms with van der Waals surface area (Å²) in [5.41, 5.74) is 0. The maximum atomic E-state index is 11.5. The second-order valence-corrected chi connectivity index (χ2v) is 4.61. The van der Waals surface area contributed by atoms with Gasteiger partial charge in [0.15, 0.2) is 0 Å². The highest BCUT2D eigenvalue weighted by Crippen LogP contribution is 2.38. The molecule has 1 saturated carbocycles. The van der Waals surface area contributed by atoms with Crippen LogP contribution in [0.15, 0.2) is 0 Å². The van der Waals surface area contributed by atoms with E-state index >= 15 is 0 Å². The van der Waals surface area contributed by atoms with Gasteiger partial charge in [-0.25, -0.2) is 4.79 Å². The normalized spacial score (nSPS) is 27.8. The fourth-order valence-corrected chi connectivity index (χ4v) is 2.16. The first-order chi connectivity index (χ1) is 8.16. The molecular formula is C11H18N2O4. The number of nitrogens with one attached hydrogen (secondary N) is 2. The van der Waals surface area contributed by atoms with E-state index in [-0.39, 0.29) is 31.1 Å². The zero-order valence-corrected chi connectivity index (χ0v) is 9.65. The average molecular weight is 242 g/mol. The molecule has 2 atom stereocenters. The highest BCUT2D eigenvalue weighted by Gasteiger charge is 2.41. The van der Waals surface area contributed by atoms with Gasteiger partial charge in [0.05, 0.1) is 18.6 Å². The van der Waals surface area contributed by atoms with Gasteiger partial charge in [-0.2, -0.15) is 0 Å². The Labute approximate surface area is 99.7 Å². The Hall–Kier alpha value is -1.30. The lowest BCUT2D eigenvalue weighted by atomic mass is 10.1. The molecule has 1 saturated heterocycles. The molecule has 6 nitrogen and oxygen atoms in total. The standard InChI is InChI=1S/C11H18N2O4/c14-9(15)3-5-12-11(16)13-8-4-6-17-10(8)7-1-2-7/h7-8,10H,1-6H2,(H,14,15)(H2,12,13,16). The third-order valence-corrected chi connectivity index (χ3v) is 3.16. The van der Waals surface area contributed by atoms with Crippen LogP contribution < -0.4 is 10.6 Å². The summed E-state index contributed by atoms with van der Waals surface area (Å²) in [6.45, 7) is 0.851. The van der Waals surface area contributed by atoms with Crippen LogP contribution in [-0.2, 0) is 9.53 Å². The molecule has 1 aliphatic carbocycles. The lowest BCUT2D eigenvalue weighted by Gasteiger charge is -2.19. The van der Waals surface area contributed by atoms with E-state index in [1.54, 1.807) is 0 Å². The fourth-order valence-electron chi connectivity index (χ4n) is 2.16. The molecular weight excluding hydrogens is 224 g/mol. The smallest absolute Gasteiger partial charge is 0.315 e. The third kappa shape index (κ3) is 3.59. The van der Waals surface area contributed by atoms with Crippen LogP contribution in [0, 0.1) is 5.92 Å². The minimum absolute atomic E-state index is 0.0549. The van der Waals surface area contributed by atoms with Crippen molar-refractivity contribution in [1.29, 1.82) is 0 Å². The summed E-state index contributed by atoms with van der Waals surface area (Å²) >= 11 is 0. The predicted octanol–water partition coefficient (Wildman–Crippen LogP) is 0.328. The molecule has 6 heteroatoms. The molecule has 2 amide bonds. The first-order valence-corrected chi connectivity index (χ1v) is 6.04. The monoisotopic (exact) mass is 242 g/mol. The van der Waals surface area contributed by atoms with Gasteiger partial charge in [-0.05, 0) is 25.2 Å². The second kappa shape index (κ2) is 5.35. The van der Waals surface area contributed by atoms with Crippen LogP contribution in [0.4, 0.5) is 4.79 Å². The zero-order chi connectivity index (χ0) is 12.3. The summed E-state index contributed by atoms with van der Waals surface area (Å²) in [6.07, 6.45) is 3.31. The molecule has 1 aliphatic heterocycles. The summed E-state index contributed by atoms with van der Waals surface area (Å²) in [5, 5.41) is 13.8. The topological polar surface area (TPSA) is 87.7 Å². The van der Waals surface area contributed by atoms with E-state index in [0.717, 1.165) is 6.42 Å². The summed E-state index contributed by atoms with van der Waals surface area (Å²) in [5.74, 6) is -0.313. The fraction of sp³-hybridized carbons (Fsp3) is 0.818. The molecule has 2 unspecified atom stereocenters. The Kier molecular flexibility index (Phi) is 3.83. The number of carbonyl (C=O) groups excluding carboxylic acids is 1. The molecule has 0 radical (unpaired) electrons. The number of rotatable bonds is 5. The van der Waals surface area contributed by atoms with Crippen molar-refractivity contribution < 1.29 is 19.4 Å². The van der Waals surface area contributed by atoms with Crippen LogP contribution in [0.2, 0.25) is 0 Å². The van der Waals surface area contributed by atoms with Crippen molar-refractivity contribution in [2.24, 2.45) is 5.92 Å². The van der Waals surface area contributed by atoms with Gasteiger partial charge < -0.3 is 20.5 Å². The molecule has 2 fully saturated rings. The summed E-state index contributed by atoms with van der Waals surface area (Å²) < 4.78 is 5.60. The minimum atomic E-state index is -0.912. The highest BCUT2D eigenvalue weighted by atomic mass is 16.5. The van der Waals surface area contributed by atoms with Crippen LogP contribution in [0.1, 0.15) is 25.7 Å². The minimum Gasteiger partial charge on any atom is -0.481 e. The Bertz CT molecular complexity index is 304. The van der Waals surface area contributed by atoms with Crippen LogP contribution in [-0.4, -0.2) is 42.4 Å². The van der Waals surface area contributed by atoms with Crippen molar-refractivity contribution in [3.63, 3.8) is 0 Å². The molecule has 3 N–H and O–H groups in total. The number of ether oxygens (including phenoxy) is 1. The number of hydrogen-bond acceptors (Lipinski definition) is 3. The van der Waals surface area contributed by atoms with Gasteiger partial charge in [0, 0.05) is 13.2 Å². The highest BCUT2D eigenvalue weighted by molar-refractivity contribution is 5.75. The maximum absolute atomic E-state index is 11.5. The molecule has 1 heterocycles. The van der Waals surface area contributed by atoms with Crippen molar-refractivity contribution in [1.82, 2.24) is 10.6 Å². The van der Waals surface area contributed by atoms with Crippen LogP contribution in [0.3, 0.4) is 0 Å². The van der Waals surface area contributed by atoms with Gasteiger partial charge in [0.2, 0.25) is 0 Å². The van der Waals surface area contributed by atoms with E-state index in [4.69, 9.17) is 9.84 Å². The molecule has 0 spiro atoms. The molecule has 0 aromatic rings. The summed E-state index contributed by atoms with van der Waals surface area (Å²) in [4.78, 5) is 21.8. The zero-order valence-electron chi connectivity index (χ0n) is 9.65. The van der Waals surface area contributed by atoms with Crippen LogP contribution in [0.5, 0.6) is 0 Å². The summed E-state index contributed by atoms with van der Waals surface area (Å²) in [7, 11) is 0. The van der Waals surface area contributed by atoms with Gasteiger partial charge in [-0.1, -0.05) is 0 Å². The Morgan fingerprint density at radius 1 is 1.29 bits per heavy atom. The van der Waals surface area contributed by atoms with E-state index in [2.05, 4.69) is 10.6 Å². The molecule has 0 aromatic carbocycles. The quantitative estimate of drug-likeness (QED) is 0.648. The molecule has 96 valence electrons. The maximum Gasteiger partial charge on any atom is 0.315 e. The first kappa shape index (κ1) is 12.2. The SMILES string of the molecule is O=C(O)CCNC(=O)NC1CCOC1C1CC1. The number of carboxylic acid groups (broad SMARTS) is 1. The van der Waals surface area contributed by atoms with E-state index in [1.807, 2.05) is 0 Å². The lowest BCUT2D eigenvalue weighted by Crippen LogP contribution is -2.46. The van der Waals surface area contributed by atoms with Gasteiger partial charge in [0.1, 0.15) is 0 Å². The molecule has 0 aromatic heterocycles. The third-order valence-electron chi connectivity index (χ3n) is 3.16. The number of urea groups is 1. The number of hydrogen-bond donors (Lipinski definition) is 3. The van der Waals surface area contributed by atoms with Crippen LogP contribution >= 0.6 is 0 Å². The van der Waals surface area contributed by atoms with Crippen molar-refractivity contribution in [3.8, 4) is 0 Å². The Morgan fingerprint density at radius 3 is 2.71 bits per heavy atom. The Morgan fingerprint density at radius 2 is 2.06 bits per heavy atom. The average Bonchev–Trinajstić information content (AvgIpc) is 3.00. The molecule has 2 aliphatic rings. The second-order valence-electron chi connectivity index (χ2n) is 4.61. The molecule has 17 heavy (non-hydrogen) atoms. The van der Waals surface area contributed by atoms with E-state index in [1.165, 1.54) is 12.8 Å².